The molecular weight excluding hydrogens is 224 g/mol. The smallest absolute Gasteiger partial charge is 0.258 e. The molecule has 16 heavy (non-hydrogen) atoms. The van der Waals surface area contributed by atoms with E-state index in [0.717, 1.165) is 10.4 Å². The van der Waals surface area contributed by atoms with Crippen molar-refractivity contribution in [1.29, 1.82) is 5.26 Å². The van der Waals surface area contributed by atoms with Crippen molar-refractivity contribution in [2.75, 3.05) is 0 Å². The van der Waals surface area contributed by atoms with E-state index in [1.807, 2.05) is 5.38 Å². The molecule has 0 aliphatic heterocycles. The van der Waals surface area contributed by atoms with Gasteiger partial charge in [0.15, 0.2) is 0 Å². The first kappa shape index (κ1) is 10.3. The van der Waals surface area contributed by atoms with Crippen LogP contribution < -0.4 is 0 Å². The lowest BCUT2D eigenvalue weighted by molar-refractivity contribution is -0.384. The van der Waals surface area contributed by atoms with Gasteiger partial charge in [-0.05, 0) is 29.1 Å². The Balaban J connectivity index is 2.43. The maximum absolute atomic E-state index is 10.5. The fourth-order valence-corrected chi connectivity index (χ4v) is 2.21. The van der Waals surface area contributed by atoms with E-state index in [1.165, 1.54) is 23.5 Å². The number of non-ortho nitro benzene ring substituents is 1. The Morgan fingerprint density at radius 3 is 2.50 bits per heavy atom. The lowest BCUT2D eigenvalue weighted by Gasteiger charge is -1.97. The normalized spacial score (nSPS) is 9.69. The van der Waals surface area contributed by atoms with Crippen LogP contribution in [0.25, 0.3) is 10.4 Å². The van der Waals surface area contributed by atoms with Crippen LogP contribution in [0, 0.1) is 21.4 Å². The average molecular weight is 230 g/mol. The second-order valence-corrected chi connectivity index (χ2v) is 4.00. The monoisotopic (exact) mass is 230 g/mol. The summed E-state index contributed by atoms with van der Waals surface area (Å²) in [6, 6.07) is 10.0. The van der Waals surface area contributed by atoms with E-state index in [1.54, 1.807) is 18.2 Å². The maximum atomic E-state index is 10.5. The van der Waals surface area contributed by atoms with Gasteiger partial charge in [0.25, 0.3) is 5.69 Å². The molecule has 0 aliphatic rings. The number of nitriles is 1. The van der Waals surface area contributed by atoms with Crippen LogP contribution in [0.5, 0.6) is 0 Å². The van der Waals surface area contributed by atoms with Gasteiger partial charge in [-0.1, -0.05) is 0 Å². The number of nitro groups is 1. The number of rotatable bonds is 2. The van der Waals surface area contributed by atoms with Crippen LogP contribution in [0.4, 0.5) is 5.69 Å². The Hall–Kier alpha value is -2.19. The topological polar surface area (TPSA) is 66.9 Å². The highest BCUT2D eigenvalue weighted by atomic mass is 32.1. The van der Waals surface area contributed by atoms with Gasteiger partial charge >= 0.3 is 0 Å². The van der Waals surface area contributed by atoms with Gasteiger partial charge in [0.2, 0.25) is 0 Å². The van der Waals surface area contributed by atoms with E-state index in [-0.39, 0.29) is 5.69 Å². The molecular formula is C11H6N2O2S. The predicted molar refractivity (Wildman–Crippen MR) is 61.1 cm³/mol. The van der Waals surface area contributed by atoms with E-state index in [4.69, 9.17) is 5.26 Å². The van der Waals surface area contributed by atoms with Gasteiger partial charge in [-0.15, -0.1) is 11.3 Å². The zero-order valence-corrected chi connectivity index (χ0v) is 8.90. The quantitative estimate of drug-likeness (QED) is 0.587. The van der Waals surface area contributed by atoms with Crippen molar-refractivity contribution in [2.24, 2.45) is 0 Å². The van der Waals surface area contributed by atoms with Crippen LogP contribution in [0.1, 0.15) is 5.56 Å². The second kappa shape index (κ2) is 4.13. The van der Waals surface area contributed by atoms with Crippen LogP contribution in [-0.4, -0.2) is 4.92 Å². The average Bonchev–Trinajstić information content (AvgIpc) is 2.77. The molecule has 0 saturated heterocycles. The lowest BCUT2D eigenvalue weighted by atomic mass is 10.1. The summed E-state index contributed by atoms with van der Waals surface area (Å²) in [5.41, 5.74) is 1.48. The van der Waals surface area contributed by atoms with Gasteiger partial charge in [-0.2, -0.15) is 5.26 Å². The zero-order chi connectivity index (χ0) is 11.5. The summed E-state index contributed by atoms with van der Waals surface area (Å²) in [4.78, 5) is 10.9. The van der Waals surface area contributed by atoms with Crippen molar-refractivity contribution in [1.82, 2.24) is 0 Å². The van der Waals surface area contributed by atoms with Crippen LogP contribution in [0.2, 0.25) is 0 Å². The molecule has 0 saturated carbocycles. The minimum absolute atomic E-state index is 0.0545. The summed E-state index contributed by atoms with van der Waals surface area (Å²) >= 11 is 1.45. The van der Waals surface area contributed by atoms with Crippen LogP contribution in [-0.2, 0) is 0 Å². The first-order valence-corrected chi connectivity index (χ1v) is 5.33. The van der Waals surface area contributed by atoms with Crippen molar-refractivity contribution < 1.29 is 4.92 Å². The molecule has 2 rings (SSSR count). The van der Waals surface area contributed by atoms with E-state index in [0.29, 0.717) is 5.56 Å². The highest BCUT2D eigenvalue weighted by molar-refractivity contribution is 7.13. The molecule has 1 heterocycles. The van der Waals surface area contributed by atoms with Gasteiger partial charge in [-0.25, -0.2) is 0 Å². The van der Waals surface area contributed by atoms with Crippen molar-refractivity contribution in [3.8, 4) is 16.5 Å². The zero-order valence-electron chi connectivity index (χ0n) is 8.08. The molecule has 0 aliphatic carbocycles. The van der Waals surface area contributed by atoms with Crippen LogP contribution in [0.15, 0.2) is 35.7 Å². The third kappa shape index (κ3) is 1.78. The largest absolute Gasteiger partial charge is 0.269 e. The van der Waals surface area contributed by atoms with E-state index < -0.39 is 4.92 Å². The number of nitrogens with zero attached hydrogens (tertiary/aromatic N) is 2. The summed E-state index contributed by atoms with van der Waals surface area (Å²) in [6.07, 6.45) is 0. The molecule has 0 fully saturated rings. The number of hydrogen-bond donors (Lipinski definition) is 0. The van der Waals surface area contributed by atoms with Gasteiger partial charge in [0.05, 0.1) is 15.4 Å². The van der Waals surface area contributed by atoms with Gasteiger partial charge in [0, 0.05) is 12.1 Å². The molecule has 4 nitrogen and oxygen atoms in total. The maximum Gasteiger partial charge on any atom is 0.269 e. The van der Waals surface area contributed by atoms with Gasteiger partial charge in [-0.3, -0.25) is 10.1 Å². The molecule has 0 unspecified atom stereocenters. The Morgan fingerprint density at radius 1 is 1.25 bits per heavy atom. The summed E-state index contributed by atoms with van der Waals surface area (Å²) in [7, 11) is 0. The third-order valence-corrected chi connectivity index (χ3v) is 3.09. The molecule has 1 aromatic heterocycles. The summed E-state index contributed by atoms with van der Waals surface area (Å²) < 4.78 is 0. The molecule has 0 spiro atoms. The van der Waals surface area contributed by atoms with Crippen LogP contribution in [0.3, 0.4) is 0 Å². The highest BCUT2D eigenvalue weighted by Crippen LogP contribution is 2.30. The van der Waals surface area contributed by atoms with Crippen molar-refractivity contribution in [3.05, 3.63) is 51.4 Å². The van der Waals surface area contributed by atoms with E-state index in [9.17, 15) is 10.1 Å². The van der Waals surface area contributed by atoms with Crippen molar-refractivity contribution >= 4 is 17.0 Å². The first-order valence-electron chi connectivity index (χ1n) is 4.45. The molecule has 0 bridgehead atoms. The van der Waals surface area contributed by atoms with Crippen LogP contribution >= 0.6 is 11.3 Å². The van der Waals surface area contributed by atoms with Gasteiger partial charge < -0.3 is 0 Å². The Bertz CT molecular complexity index is 566. The standard InChI is InChI=1S/C11H6N2O2S/c12-7-9-5-6-16-11(9)8-1-3-10(4-2-8)13(14)15/h1-6H. The fraction of sp³-hybridized carbons (Fsp3) is 0. The molecule has 0 radical (unpaired) electrons. The predicted octanol–water partition coefficient (Wildman–Crippen LogP) is 3.19. The molecule has 78 valence electrons. The second-order valence-electron chi connectivity index (χ2n) is 3.08. The number of thiophene rings is 1. The molecule has 0 amide bonds. The molecule has 5 heteroatoms. The lowest BCUT2D eigenvalue weighted by Crippen LogP contribution is -1.86. The number of benzene rings is 1. The Labute approximate surface area is 95.5 Å². The van der Waals surface area contributed by atoms with E-state index >= 15 is 0 Å². The molecule has 1 aromatic carbocycles. The summed E-state index contributed by atoms with van der Waals surface area (Å²) in [6.45, 7) is 0. The first-order chi connectivity index (χ1) is 7.72. The van der Waals surface area contributed by atoms with Crippen molar-refractivity contribution in [2.45, 2.75) is 0 Å². The summed E-state index contributed by atoms with van der Waals surface area (Å²) in [5, 5.41) is 21.2. The number of nitro benzene ring substituents is 1. The summed E-state index contributed by atoms with van der Waals surface area (Å²) in [5.74, 6) is 0. The Kier molecular flexibility index (Phi) is 2.66. The molecule has 2 aromatic rings. The minimum atomic E-state index is -0.441. The highest BCUT2D eigenvalue weighted by Gasteiger charge is 2.09. The number of hydrogen-bond acceptors (Lipinski definition) is 4. The molecule has 0 atom stereocenters. The third-order valence-electron chi connectivity index (χ3n) is 2.13. The van der Waals surface area contributed by atoms with Gasteiger partial charge in [0.1, 0.15) is 6.07 Å². The Morgan fingerprint density at radius 2 is 1.94 bits per heavy atom. The van der Waals surface area contributed by atoms with E-state index in [2.05, 4.69) is 6.07 Å². The molecule has 0 N–H and O–H groups in total. The minimum Gasteiger partial charge on any atom is -0.258 e. The fourth-order valence-electron chi connectivity index (χ4n) is 1.36. The SMILES string of the molecule is N#Cc1ccsc1-c1ccc([N+](=O)[O-])cc1. The van der Waals surface area contributed by atoms with Crippen molar-refractivity contribution in [3.63, 3.8) is 0 Å².